The molecule has 0 fully saturated rings. The van der Waals surface area contributed by atoms with E-state index in [1.54, 1.807) is 11.3 Å². The minimum Gasteiger partial charge on any atom is -0.330 e. The van der Waals surface area contributed by atoms with Gasteiger partial charge in [0, 0.05) is 13.0 Å². The summed E-state index contributed by atoms with van der Waals surface area (Å²) in [5, 5.41) is 2.02. The van der Waals surface area contributed by atoms with Gasteiger partial charge in [-0.2, -0.15) is 0 Å². The van der Waals surface area contributed by atoms with Crippen molar-refractivity contribution in [3.8, 4) is 11.8 Å². The Labute approximate surface area is 64.9 Å². The minimum atomic E-state index is 0.651. The molecular weight excluding hydrogens is 142 g/mol. The summed E-state index contributed by atoms with van der Waals surface area (Å²) in [6.45, 7) is 0.651. The zero-order valence-corrected chi connectivity index (χ0v) is 6.45. The van der Waals surface area contributed by atoms with Gasteiger partial charge in [0.15, 0.2) is 0 Å². The largest absolute Gasteiger partial charge is 0.330 e. The molecular formula is C8H9NS. The molecule has 1 nitrogen and oxygen atoms in total. The van der Waals surface area contributed by atoms with E-state index in [0.717, 1.165) is 11.3 Å². The number of hydrogen-bond acceptors (Lipinski definition) is 2. The Bertz CT molecular complexity index is 228. The Hall–Kier alpha value is -0.780. The van der Waals surface area contributed by atoms with E-state index in [1.165, 1.54) is 0 Å². The standard InChI is InChI=1S/C8H9NS/c9-6-2-1-4-8-5-3-7-10-8/h3,5,7H,2,6,9H2. The highest BCUT2D eigenvalue weighted by atomic mass is 32.1. The molecule has 1 aromatic rings. The molecule has 0 atom stereocenters. The van der Waals surface area contributed by atoms with E-state index in [-0.39, 0.29) is 0 Å². The Morgan fingerprint density at radius 1 is 1.60 bits per heavy atom. The molecule has 1 heterocycles. The average Bonchev–Trinajstić information content (AvgIpc) is 2.41. The molecule has 0 radical (unpaired) electrons. The van der Waals surface area contributed by atoms with E-state index in [4.69, 9.17) is 5.73 Å². The van der Waals surface area contributed by atoms with E-state index in [1.807, 2.05) is 17.5 Å². The lowest BCUT2D eigenvalue weighted by atomic mass is 10.4. The zero-order chi connectivity index (χ0) is 7.23. The SMILES string of the molecule is NCCC#Cc1cccs1. The van der Waals surface area contributed by atoms with Crippen LogP contribution >= 0.6 is 11.3 Å². The molecule has 0 amide bonds. The topological polar surface area (TPSA) is 26.0 Å². The fraction of sp³-hybridized carbons (Fsp3) is 0.250. The van der Waals surface area contributed by atoms with Gasteiger partial charge in [-0.25, -0.2) is 0 Å². The zero-order valence-electron chi connectivity index (χ0n) is 5.63. The van der Waals surface area contributed by atoms with E-state index < -0.39 is 0 Å². The van der Waals surface area contributed by atoms with Crippen molar-refractivity contribution < 1.29 is 0 Å². The van der Waals surface area contributed by atoms with Crippen molar-refractivity contribution in [1.29, 1.82) is 0 Å². The van der Waals surface area contributed by atoms with Crippen LogP contribution in [0.25, 0.3) is 0 Å². The maximum Gasteiger partial charge on any atom is 0.0768 e. The summed E-state index contributed by atoms with van der Waals surface area (Å²) < 4.78 is 0. The number of nitrogens with two attached hydrogens (primary N) is 1. The van der Waals surface area contributed by atoms with Gasteiger partial charge in [-0.15, -0.1) is 11.3 Å². The molecule has 10 heavy (non-hydrogen) atoms. The van der Waals surface area contributed by atoms with Crippen LogP contribution in [0.3, 0.4) is 0 Å². The molecule has 0 aliphatic heterocycles. The molecule has 2 N–H and O–H groups in total. The molecule has 0 saturated heterocycles. The summed E-state index contributed by atoms with van der Waals surface area (Å²) >= 11 is 1.66. The van der Waals surface area contributed by atoms with Crippen molar-refractivity contribution in [2.45, 2.75) is 6.42 Å². The maximum atomic E-state index is 5.27. The Morgan fingerprint density at radius 3 is 3.10 bits per heavy atom. The van der Waals surface area contributed by atoms with E-state index in [2.05, 4.69) is 11.8 Å². The first-order valence-electron chi connectivity index (χ1n) is 3.16. The van der Waals surface area contributed by atoms with Crippen molar-refractivity contribution in [3.63, 3.8) is 0 Å². The van der Waals surface area contributed by atoms with E-state index >= 15 is 0 Å². The van der Waals surface area contributed by atoms with Crippen molar-refractivity contribution in [2.24, 2.45) is 5.73 Å². The molecule has 0 aromatic carbocycles. The summed E-state index contributed by atoms with van der Waals surface area (Å²) in [6, 6.07) is 4.01. The van der Waals surface area contributed by atoms with Crippen molar-refractivity contribution in [1.82, 2.24) is 0 Å². The van der Waals surface area contributed by atoms with Crippen LogP contribution < -0.4 is 5.73 Å². The summed E-state index contributed by atoms with van der Waals surface area (Å²) in [5.74, 6) is 5.99. The molecule has 1 aromatic heterocycles. The molecule has 0 spiro atoms. The highest BCUT2D eigenvalue weighted by Crippen LogP contribution is 2.05. The number of hydrogen-bond donors (Lipinski definition) is 1. The molecule has 0 unspecified atom stereocenters. The Kier molecular flexibility index (Phi) is 3.01. The second-order valence-corrected chi connectivity index (χ2v) is 2.77. The third-order valence-corrected chi connectivity index (χ3v) is 1.79. The van der Waals surface area contributed by atoms with Gasteiger partial charge in [-0.1, -0.05) is 17.9 Å². The van der Waals surface area contributed by atoms with Crippen LogP contribution in [0.1, 0.15) is 11.3 Å². The molecule has 0 aliphatic rings. The molecule has 1 rings (SSSR count). The van der Waals surface area contributed by atoms with Gasteiger partial charge in [-0.05, 0) is 11.4 Å². The average molecular weight is 151 g/mol. The summed E-state index contributed by atoms with van der Waals surface area (Å²) in [7, 11) is 0. The minimum absolute atomic E-state index is 0.651. The van der Waals surface area contributed by atoms with Crippen LogP contribution in [0.5, 0.6) is 0 Å². The van der Waals surface area contributed by atoms with Gasteiger partial charge < -0.3 is 5.73 Å². The van der Waals surface area contributed by atoms with Crippen molar-refractivity contribution in [3.05, 3.63) is 22.4 Å². The lowest BCUT2D eigenvalue weighted by Crippen LogP contribution is -1.95. The molecule has 52 valence electrons. The fourth-order valence-corrected chi connectivity index (χ4v) is 1.16. The summed E-state index contributed by atoms with van der Waals surface area (Å²) in [6.07, 6.45) is 0.790. The van der Waals surface area contributed by atoms with Gasteiger partial charge in [-0.3, -0.25) is 0 Å². The first-order chi connectivity index (χ1) is 4.93. The van der Waals surface area contributed by atoms with Crippen LogP contribution in [0, 0.1) is 11.8 Å². The van der Waals surface area contributed by atoms with E-state index in [9.17, 15) is 0 Å². The maximum absolute atomic E-state index is 5.27. The third kappa shape index (κ3) is 2.22. The monoisotopic (exact) mass is 151 g/mol. The first kappa shape index (κ1) is 7.33. The highest BCUT2D eigenvalue weighted by molar-refractivity contribution is 7.10. The first-order valence-corrected chi connectivity index (χ1v) is 4.04. The second kappa shape index (κ2) is 4.10. The van der Waals surface area contributed by atoms with Crippen LogP contribution in [-0.2, 0) is 0 Å². The Balaban J connectivity index is 2.49. The van der Waals surface area contributed by atoms with Crippen LogP contribution in [0.2, 0.25) is 0 Å². The predicted molar refractivity (Wildman–Crippen MR) is 44.9 cm³/mol. The normalized spacial score (nSPS) is 8.50. The smallest absolute Gasteiger partial charge is 0.0768 e. The van der Waals surface area contributed by atoms with Gasteiger partial charge in [0.05, 0.1) is 4.88 Å². The molecule has 2 heteroatoms. The second-order valence-electron chi connectivity index (χ2n) is 1.82. The predicted octanol–water partition coefficient (Wildman–Crippen LogP) is 1.45. The Morgan fingerprint density at radius 2 is 2.50 bits per heavy atom. The van der Waals surface area contributed by atoms with Crippen molar-refractivity contribution >= 4 is 11.3 Å². The number of thiophene rings is 1. The van der Waals surface area contributed by atoms with E-state index in [0.29, 0.717) is 6.54 Å². The van der Waals surface area contributed by atoms with Gasteiger partial charge in [0.2, 0.25) is 0 Å². The van der Waals surface area contributed by atoms with Crippen LogP contribution in [0.4, 0.5) is 0 Å². The van der Waals surface area contributed by atoms with Gasteiger partial charge in [0.25, 0.3) is 0 Å². The fourth-order valence-electron chi connectivity index (χ4n) is 0.571. The highest BCUT2D eigenvalue weighted by Gasteiger charge is 1.82. The lowest BCUT2D eigenvalue weighted by Gasteiger charge is -1.77. The molecule has 0 bridgehead atoms. The van der Waals surface area contributed by atoms with Gasteiger partial charge in [0.1, 0.15) is 0 Å². The van der Waals surface area contributed by atoms with Crippen LogP contribution in [-0.4, -0.2) is 6.54 Å². The summed E-state index contributed by atoms with van der Waals surface area (Å²) in [4.78, 5) is 1.12. The third-order valence-electron chi connectivity index (χ3n) is 1.00. The summed E-state index contributed by atoms with van der Waals surface area (Å²) in [5.41, 5.74) is 5.27. The number of rotatable bonds is 1. The van der Waals surface area contributed by atoms with Crippen molar-refractivity contribution in [2.75, 3.05) is 6.54 Å². The molecule has 0 aliphatic carbocycles. The van der Waals surface area contributed by atoms with Crippen LogP contribution in [0.15, 0.2) is 17.5 Å². The quantitative estimate of drug-likeness (QED) is 0.604. The lowest BCUT2D eigenvalue weighted by molar-refractivity contribution is 1.03. The van der Waals surface area contributed by atoms with Gasteiger partial charge >= 0.3 is 0 Å². The molecule has 0 saturated carbocycles.